The van der Waals surface area contributed by atoms with Crippen molar-refractivity contribution in [3.63, 3.8) is 0 Å². The largest absolute Gasteiger partial charge is 0.354 e. The van der Waals surface area contributed by atoms with Gasteiger partial charge in [-0.25, -0.2) is 0 Å². The van der Waals surface area contributed by atoms with Gasteiger partial charge in [-0.15, -0.1) is 12.4 Å². The summed E-state index contributed by atoms with van der Waals surface area (Å²) in [6.07, 6.45) is 0.304. The van der Waals surface area contributed by atoms with Gasteiger partial charge >= 0.3 is 0 Å². The molecule has 1 aliphatic heterocycles. The number of hydrogen-bond acceptors (Lipinski definition) is 3. The lowest BCUT2D eigenvalue weighted by atomic mass is 10.1. The van der Waals surface area contributed by atoms with E-state index in [1.165, 1.54) is 0 Å². The molecular formula is C18H28ClN3O2. The van der Waals surface area contributed by atoms with E-state index in [4.69, 9.17) is 0 Å². The molecule has 1 aliphatic rings. The Kier molecular flexibility index (Phi) is 8.22. The van der Waals surface area contributed by atoms with E-state index in [1.807, 2.05) is 56.0 Å². The molecule has 1 aromatic rings. The first-order valence-electron chi connectivity index (χ1n) is 8.38. The van der Waals surface area contributed by atoms with Crippen molar-refractivity contribution in [1.82, 2.24) is 15.5 Å². The van der Waals surface area contributed by atoms with Gasteiger partial charge in [-0.05, 0) is 26.0 Å². The molecule has 1 fully saturated rings. The first-order chi connectivity index (χ1) is 11.0. The van der Waals surface area contributed by atoms with Gasteiger partial charge in [-0.1, -0.05) is 37.3 Å². The highest BCUT2D eigenvalue weighted by Gasteiger charge is 2.36. The predicted molar refractivity (Wildman–Crippen MR) is 98.1 cm³/mol. The van der Waals surface area contributed by atoms with E-state index < -0.39 is 0 Å². The average molecular weight is 354 g/mol. The molecule has 3 atom stereocenters. The van der Waals surface area contributed by atoms with Crippen LogP contribution in [0.2, 0.25) is 0 Å². The van der Waals surface area contributed by atoms with Gasteiger partial charge in [0.15, 0.2) is 0 Å². The Morgan fingerprint density at radius 3 is 2.58 bits per heavy atom. The molecule has 0 saturated carbocycles. The summed E-state index contributed by atoms with van der Waals surface area (Å²) in [7, 11) is 0. The number of likely N-dealkylation sites (N-methyl/N-ethyl adjacent to an activating group) is 1. The van der Waals surface area contributed by atoms with Crippen LogP contribution in [-0.2, 0) is 9.59 Å². The zero-order valence-electron chi connectivity index (χ0n) is 14.6. The van der Waals surface area contributed by atoms with Crippen molar-refractivity contribution in [3.05, 3.63) is 35.9 Å². The second kappa shape index (κ2) is 9.64. The van der Waals surface area contributed by atoms with Gasteiger partial charge in [0, 0.05) is 25.6 Å². The van der Waals surface area contributed by atoms with Gasteiger partial charge < -0.3 is 15.5 Å². The fourth-order valence-electron chi connectivity index (χ4n) is 3.01. The quantitative estimate of drug-likeness (QED) is 0.789. The smallest absolute Gasteiger partial charge is 0.225 e. The third-order valence-electron chi connectivity index (χ3n) is 4.41. The Labute approximate surface area is 150 Å². The number of carbonyl (C=O) groups is 2. The van der Waals surface area contributed by atoms with Crippen molar-refractivity contribution in [3.8, 4) is 0 Å². The number of nitrogens with zero attached hydrogens (tertiary/aromatic N) is 1. The number of likely N-dealkylation sites (tertiary alicyclic amines) is 1. The molecule has 5 nitrogen and oxygen atoms in total. The van der Waals surface area contributed by atoms with E-state index in [0.717, 1.165) is 12.1 Å². The van der Waals surface area contributed by atoms with Crippen molar-refractivity contribution in [2.75, 3.05) is 19.6 Å². The average Bonchev–Trinajstić information content (AvgIpc) is 2.95. The number of nitrogens with one attached hydrogen (secondary N) is 2. The summed E-state index contributed by atoms with van der Waals surface area (Å²) in [5.74, 6) is -0.213. The monoisotopic (exact) mass is 353 g/mol. The van der Waals surface area contributed by atoms with Gasteiger partial charge in [0.2, 0.25) is 11.8 Å². The van der Waals surface area contributed by atoms with Gasteiger partial charge in [0.05, 0.1) is 12.0 Å². The summed E-state index contributed by atoms with van der Waals surface area (Å²) in [5.41, 5.74) is 1.10. The van der Waals surface area contributed by atoms with Gasteiger partial charge in [-0.2, -0.15) is 0 Å². The minimum Gasteiger partial charge on any atom is -0.354 e. The van der Waals surface area contributed by atoms with E-state index in [-0.39, 0.29) is 42.2 Å². The lowest BCUT2D eigenvalue weighted by molar-refractivity contribution is -0.130. The van der Waals surface area contributed by atoms with Crippen molar-refractivity contribution >= 4 is 24.2 Å². The SMILES string of the molecule is CCN[C@H](C)CNC(=O)C1CC(=O)N(C(C)c2ccccc2)C1.Cl. The van der Waals surface area contributed by atoms with Crippen LogP contribution < -0.4 is 10.6 Å². The lowest BCUT2D eigenvalue weighted by Gasteiger charge is -2.25. The van der Waals surface area contributed by atoms with Crippen LogP contribution in [0, 0.1) is 5.92 Å². The topological polar surface area (TPSA) is 61.4 Å². The molecule has 0 bridgehead atoms. The molecule has 24 heavy (non-hydrogen) atoms. The molecule has 1 aromatic carbocycles. The van der Waals surface area contributed by atoms with Gasteiger partial charge in [0.25, 0.3) is 0 Å². The Balaban J connectivity index is 0.00000288. The molecular weight excluding hydrogens is 326 g/mol. The predicted octanol–water partition coefficient (Wildman–Crippen LogP) is 2.13. The van der Waals surface area contributed by atoms with Crippen molar-refractivity contribution < 1.29 is 9.59 Å². The Hall–Kier alpha value is -1.59. The number of rotatable bonds is 7. The molecule has 1 heterocycles. The van der Waals surface area contributed by atoms with Gasteiger partial charge in [0.1, 0.15) is 0 Å². The number of halogens is 1. The number of amides is 2. The maximum atomic E-state index is 12.3. The van der Waals surface area contributed by atoms with Crippen molar-refractivity contribution in [1.29, 1.82) is 0 Å². The van der Waals surface area contributed by atoms with Crippen LogP contribution in [0.15, 0.2) is 30.3 Å². The van der Waals surface area contributed by atoms with Crippen LogP contribution in [0.3, 0.4) is 0 Å². The van der Waals surface area contributed by atoms with E-state index in [1.54, 1.807) is 0 Å². The summed E-state index contributed by atoms with van der Waals surface area (Å²) in [6.45, 7) is 8.05. The summed E-state index contributed by atoms with van der Waals surface area (Å²) < 4.78 is 0. The highest BCUT2D eigenvalue weighted by atomic mass is 35.5. The molecule has 2 unspecified atom stereocenters. The van der Waals surface area contributed by atoms with Crippen LogP contribution in [0.1, 0.15) is 38.8 Å². The number of benzene rings is 1. The van der Waals surface area contributed by atoms with Crippen LogP contribution >= 0.6 is 12.4 Å². The first-order valence-corrected chi connectivity index (χ1v) is 8.38. The molecule has 0 spiro atoms. The minimum absolute atomic E-state index is 0. The fraction of sp³-hybridized carbons (Fsp3) is 0.556. The standard InChI is InChI=1S/C18H27N3O2.ClH/c1-4-19-13(2)11-20-18(23)16-10-17(22)21(12-16)14(3)15-8-6-5-7-9-15;/h5-9,13-14,16,19H,4,10-12H2,1-3H3,(H,20,23);1H/t13-,14?,16?;/m1./s1. The second-order valence-corrected chi connectivity index (χ2v) is 6.24. The maximum absolute atomic E-state index is 12.3. The molecule has 2 rings (SSSR count). The second-order valence-electron chi connectivity index (χ2n) is 6.24. The maximum Gasteiger partial charge on any atom is 0.225 e. The lowest BCUT2D eigenvalue weighted by Crippen LogP contribution is -2.41. The third-order valence-corrected chi connectivity index (χ3v) is 4.41. The Morgan fingerprint density at radius 1 is 1.29 bits per heavy atom. The highest BCUT2D eigenvalue weighted by molar-refractivity contribution is 5.89. The Bertz CT molecular complexity index is 538. The molecule has 0 aromatic heterocycles. The summed E-state index contributed by atoms with van der Waals surface area (Å²) in [4.78, 5) is 26.4. The minimum atomic E-state index is -0.248. The van der Waals surface area contributed by atoms with Crippen molar-refractivity contribution in [2.45, 2.75) is 39.3 Å². The van der Waals surface area contributed by atoms with Gasteiger partial charge in [-0.3, -0.25) is 9.59 Å². The normalized spacial score (nSPS) is 19.5. The van der Waals surface area contributed by atoms with E-state index in [0.29, 0.717) is 19.5 Å². The van der Waals surface area contributed by atoms with Crippen LogP contribution in [0.25, 0.3) is 0 Å². The molecule has 134 valence electrons. The molecule has 0 aliphatic carbocycles. The number of hydrogen-bond donors (Lipinski definition) is 2. The van der Waals surface area contributed by atoms with E-state index in [2.05, 4.69) is 10.6 Å². The summed E-state index contributed by atoms with van der Waals surface area (Å²) in [5, 5.41) is 6.21. The van der Waals surface area contributed by atoms with E-state index in [9.17, 15) is 9.59 Å². The summed E-state index contributed by atoms with van der Waals surface area (Å²) >= 11 is 0. The molecule has 1 saturated heterocycles. The fourth-order valence-corrected chi connectivity index (χ4v) is 3.01. The first kappa shape index (κ1) is 20.5. The van der Waals surface area contributed by atoms with Crippen LogP contribution in [0.4, 0.5) is 0 Å². The molecule has 0 radical (unpaired) electrons. The molecule has 2 N–H and O–H groups in total. The summed E-state index contributed by atoms with van der Waals surface area (Å²) in [6, 6.07) is 10.2. The number of carbonyl (C=O) groups excluding carboxylic acids is 2. The Morgan fingerprint density at radius 2 is 1.96 bits per heavy atom. The highest BCUT2D eigenvalue weighted by Crippen LogP contribution is 2.28. The molecule has 6 heteroatoms. The zero-order valence-corrected chi connectivity index (χ0v) is 15.4. The van der Waals surface area contributed by atoms with Crippen LogP contribution in [-0.4, -0.2) is 42.4 Å². The van der Waals surface area contributed by atoms with Crippen molar-refractivity contribution in [2.24, 2.45) is 5.92 Å². The zero-order chi connectivity index (χ0) is 16.8. The third kappa shape index (κ3) is 5.21. The molecule has 2 amide bonds. The van der Waals surface area contributed by atoms with Crippen LogP contribution in [0.5, 0.6) is 0 Å². The van der Waals surface area contributed by atoms with E-state index >= 15 is 0 Å².